The first-order valence-electron chi connectivity index (χ1n) is 4.12. The minimum absolute atomic E-state index is 1.05. The first kappa shape index (κ1) is 9.46. The standard InChI is InChI=1S/C10H15NS/c1-9-3-5-10(6-4-9)11-7-8-12-2/h3-6,11H,7-8H2,1-2H3. The first-order valence-corrected chi connectivity index (χ1v) is 5.52. The zero-order valence-electron chi connectivity index (χ0n) is 7.63. The van der Waals surface area contributed by atoms with E-state index in [1.807, 2.05) is 11.8 Å². The lowest BCUT2D eigenvalue weighted by Crippen LogP contribution is -2.03. The summed E-state index contributed by atoms with van der Waals surface area (Å²) < 4.78 is 0. The van der Waals surface area contributed by atoms with Crippen LogP contribution in [-0.2, 0) is 0 Å². The van der Waals surface area contributed by atoms with E-state index in [0.29, 0.717) is 0 Å². The van der Waals surface area contributed by atoms with E-state index in [1.165, 1.54) is 11.3 Å². The van der Waals surface area contributed by atoms with E-state index in [9.17, 15) is 0 Å². The third-order valence-corrected chi connectivity index (χ3v) is 2.30. The molecule has 0 unspecified atom stereocenters. The molecule has 0 atom stereocenters. The van der Waals surface area contributed by atoms with E-state index in [0.717, 1.165) is 12.3 Å². The summed E-state index contributed by atoms with van der Waals surface area (Å²) in [5.41, 5.74) is 2.53. The molecule has 66 valence electrons. The van der Waals surface area contributed by atoms with Crippen LogP contribution >= 0.6 is 11.8 Å². The molecule has 0 heterocycles. The Morgan fingerprint density at radius 1 is 1.25 bits per heavy atom. The van der Waals surface area contributed by atoms with Crippen LogP contribution in [0.1, 0.15) is 5.56 Å². The maximum Gasteiger partial charge on any atom is 0.0340 e. The van der Waals surface area contributed by atoms with E-state index < -0.39 is 0 Å². The maximum absolute atomic E-state index is 3.35. The van der Waals surface area contributed by atoms with Gasteiger partial charge in [0.1, 0.15) is 0 Å². The maximum atomic E-state index is 3.35. The SMILES string of the molecule is CSCCNc1ccc(C)cc1. The van der Waals surface area contributed by atoms with Crippen molar-refractivity contribution in [2.24, 2.45) is 0 Å². The first-order chi connectivity index (χ1) is 5.83. The van der Waals surface area contributed by atoms with Crippen molar-refractivity contribution in [3.05, 3.63) is 29.8 Å². The van der Waals surface area contributed by atoms with E-state index in [-0.39, 0.29) is 0 Å². The van der Waals surface area contributed by atoms with Gasteiger partial charge in [-0.2, -0.15) is 11.8 Å². The fourth-order valence-electron chi connectivity index (χ4n) is 0.969. The molecule has 2 heteroatoms. The summed E-state index contributed by atoms with van der Waals surface area (Å²) in [6.45, 7) is 3.15. The van der Waals surface area contributed by atoms with Gasteiger partial charge in [-0.05, 0) is 25.3 Å². The molecule has 0 fully saturated rings. The minimum atomic E-state index is 1.05. The second kappa shape index (κ2) is 5.09. The van der Waals surface area contributed by atoms with Gasteiger partial charge < -0.3 is 5.32 Å². The third kappa shape index (κ3) is 3.18. The Hall–Kier alpha value is -0.630. The van der Waals surface area contributed by atoms with E-state index in [4.69, 9.17) is 0 Å². The molecule has 12 heavy (non-hydrogen) atoms. The highest BCUT2D eigenvalue weighted by molar-refractivity contribution is 7.98. The van der Waals surface area contributed by atoms with Gasteiger partial charge in [0.15, 0.2) is 0 Å². The summed E-state index contributed by atoms with van der Waals surface area (Å²) in [6.07, 6.45) is 2.12. The van der Waals surface area contributed by atoms with Crippen molar-refractivity contribution in [3.8, 4) is 0 Å². The Kier molecular flexibility index (Phi) is 4.01. The van der Waals surface area contributed by atoms with Crippen molar-refractivity contribution in [1.29, 1.82) is 0 Å². The number of thioether (sulfide) groups is 1. The summed E-state index contributed by atoms with van der Waals surface area (Å²) in [5.74, 6) is 1.16. The molecule has 0 aliphatic carbocycles. The largest absolute Gasteiger partial charge is 0.384 e. The molecule has 0 spiro atoms. The number of hydrogen-bond acceptors (Lipinski definition) is 2. The Morgan fingerprint density at radius 2 is 1.92 bits per heavy atom. The molecule has 0 bridgehead atoms. The monoisotopic (exact) mass is 181 g/mol. The van der Waals surface area contributed by atoms with Crippen molar-refractivity contribution in [1.82, 2.24) is 0 Å². The fraction of sp³-hybridized carbons (Fsp3) is 0.400. The van der Waals surface area contributed by atoms with Gasteiger partial charge in [-0.15, -0.1) is 0 Å². The van der Waals surface area contributed by atoms with E-state index in [2.05, 4.69) is 42.8 Å². The average Bonchev–Trinajstić information content (AvgIpc) is 2.09. The van der Waals surface area contributed by atoms with Crippen molar-refractivity contribution >= 4 is 17.4 Å². The number of rotatable bonds is 4. The molecule has 0 aliphatic heterocycles. The number of aryl methyl sites for hydroxylation is 1. The molecule has 0 radical (unpaired) electrons. The Bertz CT molecular complexity index is 218. The number of anilines is 1. The highest BCUT2D eigenvalue weighted by atomic mass is 32.2. The van der Waals surface area contributed by atoms with Gasteiger partial charge in [0, 0.05) is 18.0 Å². The second-order valence-corrected chi connectivity index (χ2v) is 3.77. The zero-order valence-corrected chi connectivity index (χ0v) is 8.45. The van der Waals surface area contributed by atoms with Crippen molar-refractivity contribution in [2.45, 2.75) is 6.92 Å². The lowest BCUT2D eigenvalue weighted by Gasteiger charge is -2.04. The summed E-state index contributed by atoms with van der Waals surface area (Å²) in [5, 5.41) is 3.35. The lowest BCUT2D eigenvalue weighted by atomic mass is 10.2. The quantitative estimate of drug-likeness (QED) is 0.717. The molecule has 0 amide bonds. The lowest BCUT2D eigenvalue weighted by molar-refractivity contribution is 1.23. The van der Waals surface area contributed by atoms with Crippen LogP contribution in [0.3, 0.4) is 0 Å². The third-order valence-electron chi connectivity index (χ3n) is 1.69. The summed E-state index contributed by atoms with van der Waals surface area (Å²) >= 11 is 1.86. The number of nitrogens with one attached hydrogen (secondary N) is 1. The Morgan fingerprint density at radius 3 is 2.50 bits per heavy atom. The van der Waals surface area contributed by atoms with Crippen molar-refractivity contribution in [2.75, 3.05) is 23.9 Å². The van der Waals surface area contributed by atoms with Gasteiger partial charge in [-0.1, -0.05) is 17.7 Å². The van der Waals surface area contributed by atoms with E-state index in [1.54, 1.807) is 0 Å². The van der Waals surface area contributed by atoms with Gasteiger partial charge in [0.2, 0.25) is 0 Å². The number of benzene rings is 1. The molecule has 0 saturated carbocycles. The fourth-order valence-corrected chi connectivity index (χ4v) is 1.28. The molecular formula is C10H15NS. The molecule has 1 aromatic carbocycles. The second-order valence-electron chi connectivity index (χ2n) is 2.79. The number of hydrogen-bond donors (Lipinski definition) is 1. The molecule has 1 aromatic rings. The minimum Gasteiger partial charge on any atom is -0.384 e. The molecule has 1 nitrogen and oxygen atoms in total. The molecule has 0 aliphatic rings. The predicted molar refractivity (Wildman–Crippen MR) is 58.1 cm³/mol. The zero-order chi connectivity index (χ0) is 8.81. The molecular weight excluding hydrogens is 166 g/mol. The topological polar surface area (TPSA) is 12.0 Å². The highest BCUT2D eigenvalue weighted by Crippen LogP contribution is 2.08. The van der Waals surface area contributed by atoms with Crippen LogP contribution in [-0.4, -0.2) is 18.6 Å². The van der Waals surface area contributed by atoms with Crippen LogP contribution in [0, 0.1) is 6.92 Å². The predicted octanol–water partition coefficient (Wildman–Crippen LogP) is 2.77. The van der Waals surface area contributed by atoms with Crippen LogP contribution < -0.4 is 5.32 Å². The van der Waals surface area contributed by atoms with E-state index >= 15 is 0 Å². The van der Waals surface area contributed by atoms with Crippen LogP contribution in [0.25, 0.3) is 0 Å². The summed E-state index contributed by atoms with van der Waals surface area (Å²) in [7, 11) is 0. The van der Waals surface area contributed by atoms with Crippen molar-refractivity contribution < 1.29 is 0 Å². The molecule has 0 aromatic heterocycles. The Balaban J connectivity index is 2.37. The summed E-state index contributed by atoms with van der Waals surface area (Å²) in [6, 6.07) is 8.49. The van der Waals surface area contributed by atoms with Crippen LogP contribution in [0.15, 0.2) is 24.3 Å². The summed E-state index contributed by atoms with van der Waals surface area (Å²) in [4.78, 5) is 0. The molecule has 1 rings (SSSR count). The molecule has 1 N–H and O–H groups in total. The average molecular weight is 181 g/mol. The van der Waals surface area contributed by atoms with Crippen molar-refractivity contribution in [3.63, 3.8) is 0 Å². The van der Waals surface area contributed by atoms with Crippen LogP contribution in [0.4, 0.5) is 5.69 Å². The van der Waals surface area contributed by atoms with Crippen LogP contribution in [0.5, 0.6) is 0 Å². The molecule has 0 saturated heterocycles. The smallest absolute Gasteiger partial charge is 0.0340 e. The van der Waals surface area contributed by atoms with Gasteiger partial charge in [-0.25, -0.2) is 0 Å². The van der Waals surface area contributed by atoms with Gasteiger partial charge in [0.05, 0.1) is 0 Å². The van der Waals surface area contributed by atoms with Gasteiger partial charge >= 0.3 is 0 Å². The highest BCUT2D eigenvalue weighted by Gasteiger charge is 1.89. The normalized spacial score (nSPS) is 9.83. The van der Waals surface area contributed by atoms with Gasteiger partial charge in [0.25, 0.3) is 0 Å². The Labute approximate surface area is 78.6 Å². The van der Waals surface area contributed by atoms with Crippen LogP contribution in [0.2, 0.25) is 0 Å². The van der Waals surface area contributed by atoms with Gasteiger partial charge in [-0.3, -0.25) is 0 Å².